The maximum atomic E-state index is 13.1. The maximum Gasteiger partial charge on any atom is 0.203 e. The van der Waals surface area contributed by atoms with E-state index in [1.807, 2.05) is 48.5 Å². The van der Waals surface area contributed by atoms with Gasteiger partial charge in [0.05, 0.1) is 17.0 Å². The van der Waals surface area contributed by atoms with E-state index in [0.29, 0.717) is 0 Å². The van der Waals surface area contributed by atoms with E-state index >= 15 is 0 Å². The third-order valence-electron chi connectivity index (χ3n) is 4.88. The third kappa shape index (κ3) is 3.80. The first-order valence-corrected chi connectivity index (χ1v) is 10.6. The minimum atomic E-state index is 0.119. The van der Waals surface area contributed by atoms with Crippen LogP contribution in [0.15, 0.2) is 53.0 Å². The molecule has 2 aromatic carbocycles. The van der Waals surface area contributed by atoms with Crippen LogP contribution in [0.4, 0.5) is 10.7 Å². The fraction of sp³-hybridized carbons (Fsp3) is 0.227. The van der Waals surface area contributed by atoms with Crippen molar-refractivity contribution in [2.24, 2.45) is 0 Å². The van der Waals surface area contributed by atoms with Crippen LogP contribution in [0.1, 0.15) is 39.2 Å². The number of carbonyl (C=O) groups excluding carboxylic acids is 1. The summed E-state index contributed by atoms with van der Waals surface area (Å²) in [5.41, 5.74) is 4.29. The molecule has 0 unspecified atom stereocenters. The van der Waals surface area contributed by atoms with Gasteiger partial charge in [0.2, 0.25) is 5.78 Å². The number of halogens is 1. The number of benzene rings is 2. The van der Waals surface area contributed by atoms with Crippen molar-refractivity contribution in [1.29, 1.82) is 0 Å². The number of carbonyl (C=O) groups is 1. The molecule has 0 saturated heterocycles. The summed E-state index contributed by atoms with van der Waals surface area (Å²) in [7, 11) is 1.66. The van der Waals surface area contributed by atoms with Crippen molar-refractivity contribution < 1.29 is 9.53 Å². The van der Waals surface area contributed by atoms with Crippen molar-refractivity contribution in [3.05, 3.63) is 74.6 Å². The normalized spacial score (nSPS) is 13.1. The molecule has 5 heteroatoms. The van der Waals surface area contributed by atoms with Gasteiger partial charge in [0, 0.05) is 15.7 Å². The number of ether oxygens (including phenoxy) is 1. The molecule has 3 nitrogen and oxygen atoms in total. The van der Waals surface area contributed by atoms with Crippen molar-refractivity contribution in [2.45, 2.75) is 25.7 Å². The molecule has 1 aliphatic rings. The molecule has 0 spiro atoms. The van der Waals surface area contributed by atoms with Crippen molar-refractivity contribution in [3.8, 4) is 5.75 Å². The first-order valence-electron chi connectivity index (χ1n) is 9.01. The lowest BCUT2D eigenvalue weighted by molar-refractivity contribution is 0.104. The first-order chi connectivity index (χ1) is 13.2. The highest BCUT2D eigenvalue weighted by Crippen LogP contribution is 2.41. The Hall–Kier alpha value is -2.11. The van der Waals surface area contributed by atoms with Gasteiger partial charge in [-0.3, -0.25) is 4.79 Å². The summed E-state index contributed by atoms with van der Waals surface area (Å²) in [5.74, 6) is 0.952. The second-order valence-corrected chi connectivity index (χ2v) is 8.55. The minimum Gasteiger partial charge on any atom is -0.497 e. The van der Waals surface area contributed by atoms with Crippen molar-refractivity contribution in [3.63, 3.8) is 0 Å². The quantitative estimate of drug-likeness (QED) is 0.467. The van der Waals surface area contributed by atoms with Gasteiger partial charge in [-0.15, -0.1) is 11.3 Å². The standard InChI is InChI=1S/C22H20BrNO2S/c1-26-17-12-10-16(11-13-17)24-22-19-5-3-2-4-18(19)21(27-22)20(25)14-6-8-15(23)9-7-14/h6-13,24H,2-5H2,1H3. The summed E-state index contributed by atoms with van der Waals surface area (Å²) in [5, 5.41) is 4.62. The van der Waals surface area contributed by atoms with Gasteiger partial charge in [0.25, 0.3) is 0 Å². The zero-order valence-electron chi connectivity index (χ0n) is 15.0. The predicted octanol–water partition coefficient (Wildman–Crippen LogP) is 6.37. The lowest BCUT2D eigenvalue weighted by atomic mass is 9.91. The highest BCUT2D eigenvalue weighted by atomic mass is 79.9. The zero-order chi connectivity index (χ0) is 18.8. The number of fused-ring (bicyclic) bond motifs is 1. The molecular formula is C22H20BrNO2S. The molecule has 0 atom stereocenters. The Labute approximate surface area is 171 Å². The lowest BCUT2D eigenvalue weighted by Gasteiger charge is -2.15. The fourth-order valence-electron chi connectivity index (χ4n) is 3.45. The molecular weight excluding hydrogens is 422 g/mol. The van der Waals surface area contributed by atoms with Crippen LogP contribution in [-0.4, -0.2) is 12.9 Å². The van der Waals surface area contributed by atoms with Gasteiger partial charge in [-0.2, -0.15) is 0 Å². The molecule has 1 aliphatic carbocycles. The molecule has 4 rings (SSSR count). The second kappa shape index (κ2) is 7.87. The number of thiophene rings is 1. The van der Waals surface area contributed by atoms with Crippen LogP contribution < -0.4 is 10.1 Å². The van der Waals surface area contributed by atoms with E-state index in [1.165, 1.54) is 17.5 Å². The van der Waals surface area contributed by atoms with E-state index in [9.17, 15) is 4.79 Å². The number of nitrogens with one attached hydrogen (secondary N) is 1. The number of hydrogen-bond acceptors (Lipinski definition) is 4. The average molecular weight is 442 g/mol. The summed E-state index contributed by atoms with van der Waals surface area (Å²) < 4.78 is 6.21. The van der Waals surface area contributed by atoms with Gasteiger partial charge in [-0.1, -0.05) is 15.9 Å². The van der Waals surface area contributed by atoms with Crippen LogP contribution in [0, 0.1) is 0 Å². The average Bonchev–Trinajstić information content (AvgIpc) is 3.07. The molecule has 3 aromatic rings. The Bertz CT molecular complexity index is 961. The summed E-state index contributed by atoms with van der Waals surface area (Å²) in [6.07, 6.45) is 4.32. The number of anilines is 2. The molecule has 1 heterocycles. The van der Waals surface area contributed by atoms with Crippen LogP contribution in [0.25, 0.3) is 0 Å². The van der Waals surface area contributed by atoms with E-state index in [2.05, 4.69) is 21.2 Å². The van der Waals surface area contributed by atoms with Crippen LogP contribution in [-0.2, 0) is 12.8 Å². The SMILES string of the molecule is COc1ccc(Nc2sc(C(=O)c3ccc(Br)cc3)c3c2CCCC3)cc1. The summed E-state index contributed by atoms with van der Waals surface area (Å²) in [4.78, 5) is 14.0. The predicted molar refractivity (Wildman–Crippen MR) is 115 cm³/mol. The molecule has 0 fully saturated rings. The van der Waals surface area contributed by atoms with E-state index < -0.39 is 0 Å². The van der Waals surface area contributed by atoms with E-state index in [1.54, 1.807) is 18.4 Å². The highest BCUT2D eigenvalue weighted by molar-refractivity contribution is 9.10. The van der Waals surface area contributed by atoms with Crippen molar-refractivity contribution in [1.82, 2.24) is 0 Å². The molecule has 0 aliphatic heterocycles. The smallest absolute Gasteiger partial charge is 0.203 e. The summed E-state index contributed by atoms with van der Waals surface area (Å²) in [6, 6.07) is 15.5. The Balaban J connectivity index is 1.68. The van der Waals surface area contributed by atoms with E-state index in [4.69, 9.17) is 4.74 Å². The molecule has 0 radical (unpaired) electrons. The third-order valence-corrected chi connectivity index (χ3v) is 6.60. The number of rotatable bonds is 5. The van der Waals surface area contributed by atoms with Gasteiger partial charge < -0.3 is 10.1 Å². The van der Waals surface area contributed by atoms with Gasteiger partial charge in [-0.05, 0) is 85.3 Å². The monoisotopic (exact) mass is 441 g/mol. The second-order valence-electron chi connectivity index (χ2n) is 6.61. The molecule has 138 valence electrons. The molecule has 27 heavy (non-hydrogen) atoms. The Morgan fingerprint density at radius 2 is 1.67 bits per heavy atom. The fourth-order valence-corrected chi connectivity index (χ4v) is 5.00. The summed E-state index contributed by atoms with van der Waals surface area (Å²) >= 11 is 5.02. The van der Waals surface area contributed by atoms with Crippen LogP contribution in [0.5, 0.6) is 5.75 Å². The van der Waals surface area contributed by atoms with Crippen LogP contribution >= 0.6 is 27.3 Å². The number of methoxy groups -OCH3 is 1. The van der Waals surface area contributed by atoms with Crippen molar-refractivity contribution in [2.75, 3.05) is 12.4 Å². The number of ketones is 1. The Kier molecular flexibility index (Phi) is 5.32. The maximum absolute atomic E-state index is 13.1. The zero-order valence-corrected chi connectivity index (χ0v) is 17.5. The van der Waals surface area contributed by atoms with Gasteiger partial charge >= 0.3 is 0 Å². The molecule has 1 aromatic heterocycles. The minimum absolute atomic E-state index is 0.119. The Morgan fingerprint density at radius 1 is 1.00 bits per heavy atom. The van der Waals surface area contributed by atoms with E-state index in [-0.39, 0.29) is 5.78 Å². The first kappa shape index (κ1) is 18.3. The lowest BCUT2D eigenvalue weighted by Crippen LogP contribution is -2.07. The van der Waals surface area contributed by atoms with Gasteiger partial charge in [-0.25, -0.2) is 0 Å². The topological polar surface area (TPSA) is 38.3 Å². The van der Waals surface area contributed by atoms with Crippen molar-refractivity contribution >= 4 is 43.7 Å². The molecule has 0 amide bonds. The van der Waals surface area contributed by atoms with Gasteiger partial charge in [0.15, 0.2) is 0 Å². The Morgan fingerprint density at radius 3 is 2.33 bits per heavy atom. The van der Waals surface area contributed by atoms with Crippen LogP contribution in [0.3, 0.4) is 0 Å². The molecule has 0 bridgehead atoms. The summed E-state index contributed by atoms with van der Waals surface area (Å²) in [6.45, 7) is 0. The highest BCUT2D eigenvalue weighted by Gasteiger charge is 2.25. The van der Waals surface area contributed by atoms with E-state index in [0.717, 1.165) is 50.6 Å². The van der Waals surface area contributed by atoms with Gasteiger partial charge in [0.1, 0.15) is 5.75 Å². The molecule has 0 saturated carbocycles. The molecule has 1 N–H and O–H groups in total. The largest absolute Gasteiger partial charge is 0.497 e. The number of hydrogen-bond donors (Lipinski definition) is 1. The van der Waals surface area contributed by atoms with Crippen LogP contribution in [0.2, 0.25) is 0 Å².